The van der Waals surface area contributed by atoms with Crippen LogP contribution in [-0.2, 0) is 0 Å². The van der Waals surface area contributed by atoms with E-state index in [0.717, 1.165) is 13.0 Å². The van der Waals surface area contributed by atoms with Crippen molar-refractivity contribution in [3.05, 3.63) is 16.6 Å². The Morgan fingerprint density at radius 2 is 2.67 bits per heavy atom. The molecule has 0 aromatic carbocycles. The van der Waals surface area contributed by atoms with E-state index in [2.05, 4.69) is 23.1 Å². The van der Waals surface area contributed by atoms with E-state index in [0.29, 0.717) is 0 Å². The Bertz CT molecular complexity index is 248. The van der Waals surface area contributed by atoms with Crippen molar-refractivity contribution in [3.8, 4) is 12.3 Å². The van der Waals surface area contributed by atoms with Gasteiger partial charge in [-0.25, -0.2) is 0 Å². The minimum absolute atomic E-state index is 0.285. The average Bonchev–Trinajstić information content (AvgIpc) is 2.56. The van der Waals surface area contributed by atoms with Gasteiger partial charge >= 0.3 is 0 Å². The molecular formula is C9H12N2S. The zero-order chi connectivity index (χ0) is 8.81. The van der Waals surface area contributed by atoms with E-state index in [1.54, 1.807) is 11.3 Å². The van der Waals surface area contributed by atoms with Crippen LogP contribution >= 0.6 is 11.3 Å². The molecule has 12 heavy (non-hydrogen) atoms. The molecule has 1 N–H and O–H groups in total. The van der Waals surface area contributed by atoms with Crippen molar-refractivity contribution in [3.63, 3.8) is 0 Å². The van der Waals surface area contributed by atoms with Gasteiger partial charge in [0.15, 0.2) is 0 Å². The monoisotopic (exact) mass is 180 g/mol. The van der Waals surface area contributed by atoms with E-state index in [1.165, 1.54) is 4.88 Å². The third kappa shape index (κ3) is 2.33. The summed E-state index contributed by atoms with van der Waals surface area (Å²) in [5.41, 5.74) is 1.83. The molecule has 1 aromatic heterocycles. The molecule has 1 aromatic rings. The molecule has 0 saturated carbocycles. The third-order valence-corrected chi connectivity index (χ3v) is 2.46. The fraction of sp³-hybridized carbons (Fsp3) is 0.444. The highest BCUT2D eigenvalue weighted by Crippen LogP contribution is 2.19. The molecule has 0 fully saturated rings. The molecule has 64 valence electrons. The van der Waals surface area contributed by atoms with E-state index < -0.39 is 0 Å². The Morgan fingerprint density at radius 3 is 3.17 bits per heavy atom. The predicted octanol–water partition coefficient (Wildman–Crippen LogP) is 1.82. The highest BCUT2D eigenvalue weighted by atomic mass is 32.1. The summed E-state index contributed by atoms with van der Waals surface area (Å²) in [6.45, 7) is 3.01. The largest absolute Gasteiger partial charge is 0.309 e. The number of rotatable bonds is 4. The lowest BCUT2D eigenvalue weighted by Crippen LogP contribution is -2.19. The maximum Gasteiger partial charge on any atom is 0.0794 e. The number of thiazole rings is 1. The van der Waals surface area contributed by atoms with Gasteiger partial charge in [-0.3, -0.25) is 4.98 Å². The lowest BCUT2D eigenvalue weighted by molar-refractivity contribution is 0.573. The fourth-order valence-corrected chi connectivity index (χ4v) is 1.73. The molecular weight excluding hydrogens is 168 g/mol. The molecule has 3 heteroatoms. The average molecular weight is 180 g/mol. The first-order chi connectivity index (χ1) is 5.88. The lowest BCUT2D eigenvalue weighted by atomic mass is 10.2. The molecule has 2 nitrogen and oxygen atoms in total. The molecule has 0 amide bonds. The molecule has 0 saturated heterocycles. The van der Waals surface area contributed by atoms with E-state index in [1.807, 2.05) is 11.7 Å². The smallest absolute Gasteiger partial charge is 0.0794 e. The van der Waals surface area contributed by atoms with Crippen molar-refractivity contribution in [1.82, 2.24) is 10.3 Å². The predicted molar refractivity (Wildman–Crippen MR) is 52.0 cm³/mol. The van der Waals surface area contributed by atoms with Crippen molar-refractivity contribution in [2.45, 2.75) is 19.4 Å². The van der Waals surface area contributed by atoms with E-state index in [-0.39, 0.29) is 6.04 Å². The summed E-state index contributed by atoms with van der Waals surface area (Å²) in [5, 5.41) is 3.31. The van der Waals surface area contributed by atoms with E-state index >= 15 is 0 Å². The van der Waals surface area contributed by atoms with Crippen molar-refractivity contribution in [2.75, 3.05) is 6.54 Å². The van der Waals surface area contributed by atoms with E-state index in [9.17, 15) is 0 Å². The first-order valence-corrected chi connectivity index (χ1v) is 4.81. The Hall–Kier alpha value is -0.850. The third-order valence-electron chi connectivity index (χ3n) is 1.57. The highest BCUT2D eigenvalue weighted by Gasteiger charge is 2.09. The normalized spacial score (nSPS) is 12.3. The summed E-state index contributed by atoms with van der Waals surface area (Å²) in [6.07, 6.45) is 7.86. The minimum atomic E-state index is 0.285. The summed E-state index contributed by atoms with van der Waals surface area (Å²) < 4.78 is 0. The number of hydrogen-bond acceptors (Lipinski definition) is 3. The number of nitrogens with one attached hydrogen (secondary N) is 1. The van der Waals surface area contributed by atoms with Gasteiger partial charge in [-0.05, 0) is 6.54 Å². The van der Waals surface area contributed by atoms with Crippen molar-refractivity contribution >= 4 is 11.3 Å². The van der Waals surface area contributed by atoms with Gasteiger partial charge in [0.25, 0.3) is 0 Å². The molecule has 0 aliphatic rings. The van der Waals surface area contributed by atoms with Gasteiger partial charge in [0, 0.05) is 17.5 Å². The molecule has 1 unspecified atom stereocenters. The van der Waals surface area contributed by atoms with Gasteiger partial charge in [0.1, 0.15) is 0 Å². The van der Waals surface area contributed by atoms with Crippen LogP contribution in [0.5, 0.6) is 0 Å². The minimum Gasteiger partial charge on any atom is -0.309 e. The van der Waals surface area contributed by atoms with E-state index in [4.69, 9.17) is 6.42 Å². The van der Waals surface area contributed by atoms with Crippen molar-refractivity contribution in [2.24, 2.45) is 0 Å². The number of aromatic nitrogens is 1. The molecule has 1 atom stereocenters. The lowest BCUT2D eigenvalue weighted by Gasteiger charge is -2.11. The van der Waals surface area contributed by atoms with Crippen molar-refractivity contribution < 1.29 is 0 Å². The standard InChI is InChI=1S/C9H12N2S/c1-3-5-8(11-4-2)9-6-10-7-12-9/h1,6-8,11H,4-5H2,2H3. The van der Waals surface area contributed by atoms with Crippen LogP contribution in [-0.4, -0.2) is 11.5 Å². The molecule has 1 rings (SSSR count). The zero-order valence-electron chi connectivity index (χ0n) is 7.08. The SMILES string of the molecule is C#CCC(NCC)c1cncs1. The first-order valence-electron chi connectivity index (χ1n) is 3.93. The first kappa shape index (κ1) is 9.24. The number of hydrogen-bond donors (Lipinski definition) is 1. The second-order valence-electron chi connectivity index (χ2n) is 2.42. The van der Waals surface area contributed by atoms with Crippen LogP contribution in [0.15, 0.2) is 11.7 Å². The van der Waals surface area contributed by atoms with Gasteiger partial charge < -0.3 is 5.32 Å². The summed E-state index contributed by atoms with van der Waals surface area (Å²) in [4.78, 5) is 5.23. The second kappa shape index (κ2) is 4.91. The van der Waals surface area contributed by atoms with Gasteiger partial charge in [-0.15, -0.1) is 23.7 Å². The Balaban J connectivity index is 2.61. The Morgan fingerprint density at radius 1 is 1.83 bits per heavy atom. The van der Waals surface area contributed by atoms with Gasteiger partial charge in [-0.1, -0.05) is 6.92 Å². The molecule has 0 aliphatic heterocycles. The molecule has 0 bridgehead atoms. The second-order valence-corrected chi connectivity index (χ2v) is 3.34. The van der Waals surface area contributed by atoms with Crippen LogP contribution in [0.3, 0.4) is 0 Å². The highest BCUT2D eigenvalue weighted by molar-refractivity contribution is 7.09. The Labute approximate surface area is 77.0 Å². The summed E-state index contributed by atoms with van der Waals surface area (Å²) >= 11 is 1.64. The van der Waals surface area contributed by atoms with Crippen LogP contribution in [0.25, 0.3) is 0 Å². The zero-order valence-corrected chi connectivity index (χ0v) is 7.90. The summed E-state index contributed by atoms with van der Waals surface area (Å²) in [7, 11) is 0. The molecule has 0 spiro atoms. The topological polar surface area (TPSA) is 24.9 Å². The number of terminal acetylenes is 1. The Kier molecular flexibility index (Phi) is 3.78. The van der Waals surface area contributed by atoms with Crippen molar-refractivity contribution in [1.29, 1.82) is 0 Å². The van der Waals surface area contributed by atoms with Gasteiger partial charge in [0.05, 0.1) is 11.6 Å². The molecule has 0 aliphatic carbocycles. The number of nitrogens with zero attached hydrogens (tertiary/aromatic N) is 1. The van der Waals surface area contributed by atoms with Gasteiger partial charge in [0.2, 0.25) is 0 Å². The maximum absolute atomic E-state index is 5.26. The van der Waals surface area contributed by atoms with Crippen LogP contribution < -0.4 is 5.32 Å². The fourth-order valence-electron chi connectivity index (χ4n) is 1.04. The van der Waals surface area contributed by atoms with Crippen LogP contribution in [0.2, 0.25) is 0 Å². The van der Waals surface area contributed by atoms with Crippen LogP contribution in [0.1, 0.15) is 24.3 Å². The molecule has 0 radical (unpaired) electrons. The van der Waals surface area contributed by atoms with Crippen LogP contribution in [0, 0.1) is 12.3 Å². The summed E-state index contributed by atoms with van der Waals surface area (Å²) in [6, 6.07) is 0.285. The molecule has 1 heterocycles. The maximum atomic E-state index is 5.26. The van der Waals surface area contributed by atoms with Crippen LogP contribution in [0.4, 0.5) is 0 Å². The quantitative estimate of drug-likeness (QED) is 0.715. The summed E-state index contributed by atoms with van der Waals surface area (Å²) in [5.74, 6) is 2.66. The van der Waals surface area contributed by atoms with Gasteiger partial charge in [-0.2, -0.15) is 0 Å².